The zero-order valence-electron chi connectivity index (χ0n) is 31.0. The molecule has 0 bridgehead atoms. The first-order chi connectivity index (χ1) is 21.6. The first kappa shape index (κ1) is 90.3. The second-order valence-electron chi connectivity index (χ2n) is 7.60. The SMILES string of the molecule is CCN(C)[PH+](F)F.CN(CC1([P+](F)(F)N(C)PF)[P+](F)(F)N(C)[P+]1(F)F)[PH+](F)F.CN(PF)[PH+](F)F.CN([PH+](F)F)[PH+](F)F.[CH3-].[CH3-].[CH3-].[CH3-].[CH3-].[CH3-].[F][Rh+2].[F][Rh+2].[Rh+2]. The molecule has 0 spiro atoms. The van der Waals surface area contributed by atoms with Gasteiger partial charge in [0.05, 0.1) is 23.0 Å². The Kier molecular flexibility index (Phi) is 74.0. The smallest absolute Gasteiger partial charge is 2.00 e. The molecule has 0 aromatic rings. The fraction of sp³-hybridized carbons (Fsp3) is 0.625. The first-order valence-corrected chi connectivity index (χ1v) is 24.2. The van der Waals surface area contributed by atoms with E-state index in [1.54, 1.807) is 6.92 Å². The van der Waals surface area contributed by atoms with E-state index in [-0.39, 0.29) is 73.1 Å². The van der Waals surface area contributed by atoms with Crippen LogP contribution in [0.25, 0.3) is 0 Å². The number of hydrogen-bond acceptors (Lipinski definition) is 6. The molecule has 0 aromatic heterocycles. The van der Waals surface area contributed by atoms with Crippen LogP contribution in [0.5, 0.6) is 0 Å². The normalized spacial score (nSPS) is 14.9. The average Bonchev–Trinajstić information content (AvgIpc) is 3.03. The van der Waals surface area contributed by atoms with Crippen molar-refractivity contribution in [1.29, 1.82) is 0 Å². The predicted molar refractivity (Wildman–Crippen MR) is 204 cm³/mol. The molecule has 0 aliphatic carbocycles. The van der Waals surface area contributed by atoms with E-state index in [4.69, 9.17) is 0 Å². The maximum Gasteiger partial charge on any atom is 2.00 e. The maximum atomic E-state index is 14.3. The molecule has 0 saturated carbocycles. The Morgan fingerprint density at radius 3 is 1.02 bits per heavy atom. The predicted octanol–water partition coefficient (Wildman–Crippen LogP) is 17.3. The Hall–Kier alpha value is 4.53. The van der Waals surface area contributed by atoms with Gasteiger partial charge in [0.15, 0.2) is 24.6 Å². The molecule has 1 fully saturated rings. The summed E-state index contributed by atoms with van der Waals surface area (Å²) in [6.07, 6.45) is 0. The molecule has 2 atom stereocenters. The number of halogens is 20. The molecule has 1 aliphatic rings. The van der Waals surface area contributed by atoms with E-state index in [0.717, 1.165) is 56.4 Å². The van der Waals surface area contributed by atoms with E-state index in [9.17, 15) is 82.2 Å². The minimum atomic E-state index is -6.37. The summed E-state index contributed by atoms with van der Waals surface area (Å²) in [4.78, 5) is 0. The van der Waals surface area contributed by atoms with Gasteiger partial charge in [0.2, 0.25) is 0 Å². The van der Waals surface area contributed by atoms with Crippen molar-refractivity contribution in [2.24, 2.45) is 0 Å². The Morgan fingerprint density at radius 2 is 0.891 bits per heavy atom. The van der Waals surface area contributed by atoms with Gasteiger partial charge in [-0.05, 0) is 48.9 Å². The van der Waals surface area contributed by atoms with Gasteiger partial charge in [0.25, 0.3) is 0 Å². The van der Waals surface area contributed by atoms with Crippen molar-refractivity contribution in [1.82, 2.24) is 27.1 Å². The topological polar surface area (TPSA) is 19.4 Å². The van der Waals surface area contributed by atoms with E-state index in [2.05, 4.69) is 0 Å². The van der Waals surface area contributed by atoms with Gasteiger partial charge >= 0.3 is 136 Å². The van der Waals surface area contributed by atoms with Crippen LogP contribution >= 0.6 is 85.7 Å². The monoisotopic (exact) mass is 1320 g/mol. The molecule has 1 saturated heterocycles. The molecule has 55 heavy (non-hydrogen) atoms. The van der Waals surface area contributed by atoms with Crippen molar-refractivity contribution < 1.29 is 139 Å². The Bertz CT molecular complexity index is 776. The van der Waals surface area contributed by atoms with Crippen LogP contribution in [0.15, 0.2) is 0 Å². The van der Waals surface area contributed by atoms with Gasteiger partial charge in [-0.1, -0.05) is 8.88 Å². The summed E-state index contributed by atoms with van der Waals surface area (Å²) in [6.45, 7) is 0.306. The summed E-state index contributed by atoms with van der Waals surface area (Å²) < 4.78 is 239. The molecule has 0 aromatic carbocycles. The van der Waals surface area contributed by atoms with Crippen LogP contribution in [0.2, 0.25) is 0 Å². The van der Waals surface area contributed by atoms with Gasteiger partial charge in [-0.25, -0.2) is 8.39 Å². The summed E-state index contributed by atoms with van der Waals surface area (Å²) in [5.74, 6) is 0. The number of hydrogen-bond donors (Lipinski definition) is 0. The number of rotatable bonds is 12. The third-order valence-corrected chi connectivity index (χ3v) is 22.2. The van der Waals surface area contributed by atoms with Crippen molar-refractivity contribution in [3.63, 3.8) is 0 Å². The molecular formula is C16H50F20N6P10Rh3+8. The summed E-state index contributed by atoms with van der Waals surface area (Å²) >= 11 is 2.10. The molecule has 2 unspecified atom stereocenters. The number of nitrogens with zero attached hydrogens (tertiary/aromatic N) is 6. The molecular weight excluding hydrogens is 1270 g/mol. The van der Waals surface area contributed by atoms with Crippen LogP contribution in [0, 0.1) is 44.6 Å². The minimum Gasteiger partial charge on any atom is 2.00 e. The van der Waals surface area contributed by atoms with Crippen LogP contribution < -0.4 is 0 Å². The van der Waals surface area contributed by atoms with Gasteiger partial charge in [-0.15, -0.1) is 9.34 Å². The van der Waals surface area contributed by atoms with Crippen LogP contribution in [-0.2, 0) is 57.1 Å². The third-order valence-electron chi connectivity index (χ3n) is 4.91. The van der Waals surface area contributed by atoms with Crippen LogP contribution in [0.4, 0.5) is 82.2 Å². The Balaban J connectivity index is -0.0000000474. The zero-order chi connectivity index (χ0) is 40.2. The second-order valence-corrected chi connectivity index (χ2v) is 24.9. The second kappa shape index (κ2) is 45.1. The molecule has 1 radical (unpaired) electrons. The van der Waals surface area contributed by atoms with E-state index in [0.29, 0.717) is 32.1 Å². The van der Waals surface area contributed by atoms with Gasteiger partial charge in [0, 0.05) is 59.9 Å². The van der Waals surface area contributed by atoms with E-state index in [1.165, 1.54) is 7.05 Å². The molecule has 0 N–H and O–H groups in total. The fourth-order valence-corrected chi connectivity index (χ4v) is 15.6. The molecule has 6 nitrogen and oxygen atoms in total. The maximum absolute atomic E-state index is 14.3. The van der Waals surface area contributed by atoms with Gasteiger partial charge in [0.1, 0.15) is 0 Å². The Labute approximate surface area is 361 Å². The van der Waals surface area contributed by atoms with E-state index in [1.807, 2.05) is 0 Å². The summed E-state index contributed by atoms with van der Waals surface area (Å²) in [5.41, 5.74) is 0. The largest absolute Gasteiger partial charge is 2.00 e. The quantitative estimate of drug-likeness (QED) is 0.0834. The average molecular weight is 1330 g/mol. The molecule has 1 heterocycles. The zero-order valence-corrected chi connectivity index (χ0v) is 45.6. The first-order valence-electron chi connectivity index (χ1n) is 10.7. The molecule has 353 valence electrons. The summed E-state index contributed by atoms with van der Waals surface area (Å²) in [6, 6.07) is 0. The molecule has 1 rings (SSSR count). The van der Waals surface area contributed by atoms with Gasteiger partial charge in [-0.2, -0.15) is 0 Å². The standard InChI is InChI=1S/C5H12F9N3P5.C3H8F2NP.CH3F4NP2.CH4F3NP2.6CH3.2FH.3Rh/c1-15(19(7)8)4-5(20(9,10)16(2)18-6)21(11,12)17(3)22(5,13)14;1-3-6(2)7(4)5;1-6(7(2)3)8(4)5;1-5(6-2)7(3)4;;;;;;;;;;;/h18H,4H2,1-3H3;3H2,1-2H3;1H3;6H,1H3;6*1H3;2*1H;;;/q+3;;;;6*-1;;;+2;2*+3/p+3. The van der Waals surface area contributed by atoms with Crippen molar-refractivity contribution >= 4 is 85.7 Å². The third kappa shape index (κ3) is 28.8. The van der Waals surface area contributed by atoms with Crippen LogP contribution in [-0.4, -0.2) is 87.1 Å². The minimum absolute atomic E-state index is 0. The molecule has 0 amide bonds. The summed E-state index contributed by atoms with van der Waals surface area (Å²) in [7, 11) is -36.4. The fourth-order valence-electron chi connectivity index (χ4n) is 2.14. The van der Waals surface area contributed by atoms with Crippen molar-refractivity contribution in [2.75, 3.05) is 55.4 Å². The van der Waals surface area contributed by atoms with Gasteiger partial charge < -0.3 is 44.6 Å². The molecule has 39 heteroatoms. The Morgan fingerprint density at radius 1 is 0.600 bits per heavy atom. The van der Waals surface area contributed by atoms with Crippen LogP contribution in [0.3, 0.4) is 0 Å². The van der Waals surface area contributed by atoms with Crippen molar-refractivity contribution in [3.05, 3.63) is 44.6 Å². The van der Waals surface area contributed by atoms with Crippen molar-refractivity contribution in [2.45, 2.75) is 11.6 Å². The van der Waals surface area contributed by atoms with Crippen molar-refractivity contribution in [3.8, 4) is 0 Å². The van der Waals surface area contributed by atoms with Crippen LogP contribution in [0.1, 0.15) is 6.92 Å². The van der Waals surface area contributed by atoms with E-state index < -0.39 is 106 Å². The summed E-state index contributed by atoms with van der Waals surface area (Å²) in [5, 5.41) is 0. The van der Waals surface area contributed by atoms with Gasteiger partial charge in [-0.3, -0.25) is 0 Å². The van der Waals surface area contributed by atoms with E-state index >= 15 is 0 Å². The molecule has 1 aliphatic heterocycles.